The third-order valence-electron chi connectivity index (χ3n) is 3.98. The van der Waals surface area contributed by atoms with Crippen LogP contribution in [-0.4, -0.2) is 24.5 Å². The van der Waals surface area contributed by atoms with Gasteiger partial charge in [-0.05, 0) is 42.3 Å². The Morgan fingerprint density at radius 1 is 1.28 bits per heavy atom. The number of methoxy groups -OCH3 is 1. The number of aromatic nitrogens is 1. The number of hydrogen-bond acceptors (Lipinski definition) is 2. The second-order valence-corrected chi connectivity index (χ2v) is 6.06. The second-order valence-electron chi connectivity index (χ2n) is 5.62. The van der Waals surface area contributed by atoms with E-state index < -0.39 is 0 Å². The van der Waals surface area contributed by atoms with Gasteiger partial charge in [-0.1, -0.05) is 29.8 Å². The highest BCUT2D eigenvalue weighted by molar-refractivity contribution is 6.31. The Balaban J connectivity index is 1.57. The number of ether oxygens (including phenoxy) is 1. The highest BCUT2D eigenvalue weighted by atomic mass is 35.5. The van der Waals surface area contributed by atoms with Crippen LogP contribution >= 0.6 is 11.6 Å². The number of rotatable bonds is 6. The Bertz CT molecular complexity index is 915. The minimum Gasteiger partial charge on any atom is -0.496 e. The molecule has 0 atom stereocenters. The predicted octanol–water partition coefficient (Wildman–Crippen LogP) is 4.20. The molecule has 25 heavy (non-hydrogen) atoms. The lowest BCUT2D eigenvalue weighted by Crippen LogP contribution is -2.23. The van der Waals surface area contributed by atoms with Crippen molar-refractivity contribution < 1.29 is 9.53 Å². The smallest absolute Gasteiger partial charge is 0.244 e. The molecule has 0 aliphatic heterocycles. The molecule has 0 unspecified atom stereocenters. The summed E-state index contributed by atoms with van der Waals surface area (Å²) in [6.45, 7) is 0.550. The molecule has 4 nitrogen and oxygen atoms in total. The molecule has 3 rings (SSSR count). The molecule has 2 N–H and O–H groups in total. The molecule has 128 valence electrons. The Morgan fingerprint density at radius 3 is 2.96 bits per heavy atom. The Hall–Kier alpha value is -2.72. The summed E-state index contributed by atoms with van der Waals surface area (Å²) in [6, 6.07) is 13.3. The van der Waals surface area contributed by atoms with E-state index in [1.54, 1.807) is 13.2 Å². The van der Waals surface area contributed by atoms with E-state index in [-0.39, 0.29) is 5.91 Å². The quantitative estimate of drug-likeness (QED) is 0.652. The van der Waals surface area contributed by atoms with Crippen molar-refractivity contribution >= 4 is 34.5 Å². The van der Waals surface area contributed by atoms with Crippen molar-refractivity contribution in [3.8, 4) is 5.75 Å². The maximum Gasteiger partial charge on any atom is 0.244 e. The lowest BCUT2D eigenvalue weighted by molar-refractivity contribution is -0.116. The van der Waals surface area contributed by atoms with Gasteiger partial charge in [0, 0.05) is 40.3 Å². The minimum absolute atomic E-state index is 0.135. The highest BCUT2D eigenvalue weighted by Gasteiger charge is 2.05. The van der Waals surface area contributed by atoms with Gasteiger partial charge in [-0.3, -0.25) is 4.79 Å². The van der Waals surface area contributed by atoms with Gasteiger partial charge in [0.2, 0.25) is 5.91 Å². The van der Waals surface area contributed by atoms with Crippen molar-refractivity contribution in [3.63, 3.8) is 0 Å². The molecule has 0 bridgehead atoms. The maximum absolute atomic E-state index is 12.0. The van der Waals surface area contributed by atoms with Crippen molar-refractivity contribution in [3.05, 3.63) is 70.9 Å². The van der Waals surface area contributed by atoms with E-state index in [1.165, 1.54) is 6.08 Å². The molecule has 3 aromatic rings. The largest absolute Gasteiger partial charge is 0.496 e. The Morgan fingerprint density at radius 2 is 2.12 bits per heavy atom. The first kappa shape index (κ1) is 17.1. The van der Waals surface area contributed by atoms with Crippen molar-refractivity contribution in [1.82, 2.24) is 10.3 Å². The summed E-state index contributed by atoms with van der Waals surface area (Å²) in [5.41, 5.74) is 3.04. The second kappa shape index (κ2) is 7.90. The Kier molecular flexibility index (Phi) is 5.41. The summed E-state index contributed by atoms with van der Waals surface area (Å²) in [7, 11) is 1.61. The van der Waals surface area contributed by atoms with Crippen LogP contribution in [0.15, 0.2) is 54.7 Å². The monoisotopic (exact) mass is 354 g/mol. The number of nitrogens with one attached hydrogen (secondary N) is 2. The third kappa shape index (κ3) is 4.22. The molecule has 0 aliphatic carbocycles. The van der Waals surface area contributed by atoms with Crippen molar-refractivity contribution in [2.24, 2.45) is 0 Å². The number of halogens is 1. The first-order valence-electron chi connectivity index (χ1n) is 8.02. The number of carbonyl (C=O) groups is 1. The number of aromatic amines is 1. The molecular weight excluding hydrogens is 336 g/mol. The number of H-pyrrole nitrogens is 1. The number of para-hydroxylation sites is 1. The zero-order valence-electron chi connectivity index (χ0n) is 13.9. The van der Waals surface area contributed by atoms with Crippen LogP contribution in [0.2, 0.25) is 5.02 Å². The van der Waals surface area contributed by atoms with E-state index in [9.17, 15) is 4.79 Å². The molecule has 0 spiro atoms. The molecule has 0 fully saturated rings. The van der Waals surface area contributed by atoms with Crippen molar-refractivity contribution in [2.45, 2.75) is 6.42 Å². The summed E-state index contributed by atoms with van der Waals surface area (Å²) in [5.74, 6) is 0.603. The summed E-state index contributed by atoms with van der Waals surface area (Å²) >= 11 is 6.05. The summed E-state index contributed by atoms with van der Waals surface area (Å²) in [5, 5.41) is 4.69. The van der Waals surface area contributed by atoms with Gasteiger partial charge < -0.3 is 15.0 Å². The van der Waals surface area contributed by atoms with Crippen LogP contribution in [0.3, 0.4) is 0 Å². The lowest BCUT2D eigenvalue weighted by Gasteiger charge is -2.04. The third-order valence-corrected chi connectivity index (χ3v) is 4.21. The SMILES string of the molecule is COc1ccccc1/C=C/C(=O)NCCc1c[nH]c2ccc(Cl)cc12. The van der Waals surface area contributed by atoms with Gasteiger partial charge >= 0.3 is 0 Å². The first-order chi connectivity index (χ1) is 12.2. The van der Waals surface area contributed by atoms with E-state index in [2.05, 4.69) is 10.3 Å². The molecular formula is C20H19ClN2O2. The topological polar surface area (TPSA) is 54.1 Å². The molecule has 2 aromatic carbocycles. The summed E-state index contributed by atoms with van der Waals surface area (Å²) in [4.78, 5) is 15.2. The van der Waals surface area contributed by atoms with Gasteiger partial charge in [-0.25, -0.2) is 0 Å². The van der Waals surface area contributed by atoms with Crippen LogP contribution in [0.25, 0.3) is 17.0 Å². The molecule has 0 saturated heterocycles. The van der Waals surface area contributed by atoms with Crippen molar-refractivity contribution in [2.75, 3.05) is 13.7 Å². The van der Waals surface area contributed by atoms with Crippen LogP contribution in [0.4, 0.5) is 0 Å². The van der Waals surface area contributed by atoms with Crippen LogP contribution in [0.1, 0.15) is 11.1 Å². The number of benzene rings is 2. The van der Waals surface area contributed by atoms with Gasteiger partial charge in [-0.15, -0.1) is 0 Å². The molecule has 0 radical (unpaired) electrons. The fourth-order valence-electron chi connectivity index (χ4n) is 2.71. The molecule has 1 amide bonds. The van der Waals surface area contributed by atoms with Crippen LogP contribution < -0.4 is 10.1 Å². The van der Waals surface area contributed by atoms with E-state index in [1.807, 2.05) is 48.7 Å². The standard InChI is InChI=1S/C20H19ClN2O2/c1-25-19-5-3-2-4-14(19)6-9-20(24)22-11-10-15-13-23-18-8-7-16(21)12-17(15)18/h2-9,12-13,23H,10-11H2,1H3,(H,22,24)/b9-6+. The first-order valence-corrected chi connectivity index (χ1v) is 8.39. The normalized spacial score (nSPS) is 11.1. The molecule has 1 heterocycles. The Labute approximate surface area is 151 Å². The van der Waals surface area contributed by atoms with Gasteiger partial charge in [0.15, 0.2) is 0 Å². The van der Waals surface area contributed by atoms with E-state index in [4.69, 9.17) is 16.3 Å². The minimum atomic E-state index is -0.135. The number of amides is 1. The number of fused-ring (bicyclic) bond motifs is 1. The van der Waals surface area contributed by atoms with Gasteiger partial charge in [0.1, 0.15) is 5.75 Å². The van der Waals surface area contributed by atoms with Gasteiger partial charge in [0.25, 0.3) is 0 Å². The van der Waals surface area contributed by atoms with Crippen LogP contribution in [0.5, 0.6) is 5.75 Å². The van der Waals surface area contributed by atoms with E-state index in [0.717, 1.165) is 34.2 Å². The lowest BCUT2D eigenvalue weighted by atomic mass is 10.1. The summed E-state index contributed by atoms with van der Waals surface area (Å²) in [6.07, 6.45) is 5.95. The zero-order valence-corrected chi connectivity index (χ0v) is 14.6. The maximum atomic E-state index is 12.0. The van der Waals surface area contributed by atoms with E-state index >= 15 is 0 Å². The molecule has 1 aromatic heterocycles. The van der Waals surface area contributed by atoms with Gasteiger partial charge in [-0.2, -0.15) is 0 Å². The molecule has 5 heteroatoms. The molecule has 0 aliphatic rings. The van der Waals surface area contributed by atoms with Crippen LogP contribution in [0, 0.1) is 0 Å². The van der Waals surface area contributed by atoms with Crippen molar-refractivity contribution in [1.29, 1.82) is 0 Å². The fraction of sp³-hybridized carbons (Fsp3) is 0.150. The average Bonchev–Trinajstić information content (AvgIpc) is 3.02. The van der Waals surface area contributed by atoms with E-state index in [0.29, 0.717) is 11.6 Å². The zero-order chi connectivity index (χ0) is 17.6. The molecule has 0 saturated carbocycles. The van der Waals surface area contributed by atoms with Gasteiger partial charge in [0.05, 0.1) is 7.11 Å². The van der Waals surface area contributed by atoms with Crippen LogP contribution in [-0.2, 0) is 11.2 Å². The average molecular weight is 355 g/mol. The highest BCUT2D eigenvalue weighted by Crippen LogP contribution is 2.22. The number of carbonyl (C=O) groups excluding carboxylic acids is 1. The fourth-order valence-corrected chi connectivity index (χ4v) is 2.88. The predicted molar refractivity (Wildman–Crippen MR) is 102 cm³/mol. The number of hydrogen-bond donors (Lipinski definition) is 2. The summed E-state index contributed by atoms with van der Waals surface area (Å²) < 4.78 is 5.26.